The van der Waals surface area contributed by atoms with Crippen molar-refractivity contribution < 1.29 is 19.4 Å². The largest absolute Gasteiger partial charge is 0.505 e. The number of fused-ring (bicyclic) bond motifs is 1. The first-order valence-electron chi connectivity index (χ1n) is 11.3. The molecule has 4 rings (SSSR count). The van der Waals surface area contributed by atoms with Crippen LogP contribution >= 0.6 is 38.9 Å². The first-order chi connectivity index (χ1) is 17.1. The fraction of sp³-hybridized carbons (Fsp3) is 0.269. The SMILES string of the molecule is CCOC(=O)C1=C(C)N=c2s/c(=C/c3cc(Cl)c(O)c(Br)c3)c(=O)n2[C@@H]1c1ccccc1OC(C)C. The molecule has 0 spiro atoms. The summed E-state index contributed by atoms with van der Waals surface area (Å²) in [6.45, 7) is 7.48. The van der Waals surface area contributed by atoms with Crippen LogP contribution in [0.15, 0.2) is 61.9 Å². The third-order valence-electron chi connectivity index (χ3n) is 5.43. The van der Waals surface area contributed by atoms with Crippen LogP contribution in [0.1, 0.15) is 44.9 Å². The number of hydrogen-bond acceptors (Lipinski definition) is 7. The normalized spacial score (nSPS) is 15.6. The number of aromatic nitrogens is 1. The van der Waals surface area contributed by atoms with Gasteiger partial charge in [0, 0.05) is 5.56 Å². The number of thiazole rings is 1. The number of allylic oxidation sites excluding steroid dienone is 1. The average Bonchev–Trinajstić information content (AvgIpc) is 3.11. The molecule has 0 fully saturated rings. The minimum absolute atomic E-state index is 0.0771. The zero-order valence-corrected chi connectivity index (χ0v) is 23.2. The van der Waals surface area contributed by atoms with Gasteiger partial charge in [0.15, 0.2) is 4.80 Å². The van der Waals surface area contributed by atoms with E-state index in [0.29, 0.717) is 36.4 Å². The molecule has 1 aromatic heterocycles. The van der Waals surface area contributed by atoms with Gasteiger partial charge in [0.1, 0.15) is 17.5 Å². The van der Waals surface area contributed by atoms with Gasteiger partial charge < -0.3 is 14.6 Å². The molecule has 0 saturated heterocycles. The average molecular weight is 592 g/mol. The lowest BCUT2D eigenvalue weighted by atomic mass is 9.95. The van der Waals surface area contributed by atoms with Crippen LogP contribution in [0.4, 0.5) is 0 Å². The van der Waals surface area contributed by atoms with E-state index in [1.165, 1.54) is 15.9 Å². The maximum atomic E-state index is 13.8. The Bertz CT molecular complexity index is 1530. The third-order valence-corrected chi connectivity index (χ3v) is 7.31. The predicted molar refractivity (Wildman–Crippen MR) is 143 cm³/mol. The molecule has 1 aliphatic rings. The lowest BCUT2D eigenvalue weighted by molar-refractivity contribution is -0.139. The Morgan fingerprint density at radius 1 is 1.33 bits per heavy atom. The van der Waals surface area contributed by atoms with Gasteiger partial charge in [-0.2, -0.15) is 0 Å². The molecule has 36 heavy (non-hydrogen) atoms. The van der Waals surface area contributed by atoms with E-state index in [1.54, 1.807) is 32.1 Å². The van der Waals surface area contributed by atoms with Gasteiger partial charge >= 0.3 is 5.97 Å². The molecular formula is C26H24BrClN2O5S. The minimum Gasteiger partial charge on any atom is -0.505 e. The molecule has 0 radical (unpaired) electrons. The number of rotatable bonds is 6. The fourth-order valence-corrected chi connectivity index (χ4v) is 5.84. The van der Waals surface area contributed by atoms with E-state index >= 15 is 0 Å². The highest BCUT2D eigenvalue weighted by Gasteiger charge is 2.35. The Morgan fingerprint density at radius 2 is 2.06 bits per heavy atom. The van der Waals surface area contributed by atoms with Crippen molar-refractivity contribution in [1.29, 1.82) is 0 Å². The molecule has 1 atom stereocenters. The second-order valence-electron chi connectivity index (χ2n) is 8.34. The molecule has 0 amide bonds. The highest BCUT2D eigenvalue weighted by molar-refractivity contribution is 9.10. The Labute approximate surface area is 225 Å². The van der Waals surface area contributed by atoms with Crippen molar-refractivity contribution in [1.82, 2.24) is 4.57 Å². The summed E-state index contributed by atoms with van der Waals surface area (Å²) in [4.78, 5) is 31.9. The van der Waals surface area contributed by atoms with E-state index in [0.717, 1.165) is 0 Å². The van der Waals surface area contributed by atoms with Gasteiger partial charge in [0.05, 0.1) is 38.0 Å². The molecule has 0 aliphatic carbocycles. The summed E-state index contributed by atoms with van der Waals surface area (Å²) in [6, 6.07) is 9.79. The van der Waals surface area contributed by atoms with Crippen molar-refractivity contribution in [2.24, 2.45) is 4.99 Å². The van der Waals surface area contributed by atoms with Crippen LogP contribution in [0.25, 0.3) is 6.08 Å². The molecule has 1 aliphatic heterocycles. The molecule has 3 aromatic rings. The van der Waals surface area contributed by atoms with Crippen molar-refractivity contribution in [2.45, 2.75) is 39.8 Å². The van der Waals surface area contributed by atoms with Gasteiger partial charge in [-0.05, 0) is 73.5 Å². The van der Waals surface area contributed by atoms with E-state index in [-0.39, 0.29) is 34.6 Å². The molecule has 1 N–H and O–H groups in total. The molecule has 0 saturated carbocycles. The van der Waals surface area contributed by atoms with Crippen molar-refractivity contribution in [3.63, 3.8) is 0 Å². The Hall–Kier alpha value is -2.88. The van der Waals surface area contributed by atoms with Gasteiger partial charge in [-0.3, -0.25) is 9.36 Å². The molecule has 0 unspecified atom stereocenters. The Kier molecular flexibility index (Phi) is 7.73. The summed E-state index contributed by atoms with van der Waals surface area (Å²) in [5, 5.41) is 10.1. The number of esters is 1. The van der Waals surface area contributed by atoms with Crippen LogP contribution in [0.3, 0.4) is 0 Å². The molecule has 2 aromatic carbocycles. The summed E-state index contributed by atoms with van der Waals surface area (Å²) in [5.74, 6) is -0.0452. The number of carbonyl (C=O) groups is 1. The van der Waals surface area contributed by atoms with E-state index in [9.17, 15) is 14.7 Å². The quantitative estimate of drug-likeness (QED) is 0.420. The number of aromatic hydroxyl groups is 1. The van der Waals surface area contributed by atoms with Crippen LogP contribution < -0.4 is 19.6 Å². The van der Waals surface area contributed by atoms with Gasteiger partial charge in [-0.25, -0.2) is 9.79 Å². The summed E-state index contributed by atoms with van der Waals surface area (Å²) in [5.41, 5.74) is 1.72. The van der Waals surface area contributed by atoms with E-state index in [1.807, 2.05) is 38.1 Å². The van der Waals surface area contributed by atoms with Crippen LogP contribution in [0.2, 0.25) is 5.02 Å². The zero-order chi connectivity index (χ0) is 26.1. The van der Waals surface area contributed by atoms with E-state index in [2.05, 4.69) is 20.9 Å². The monoisotopic (exact) mass is 590 g/mol. The van der Waals surface area contributed by atoms with Crippen LogP contribution in [-0.2, 0) is 9.53 Å². The van der Waals surface area contributed by atoms with E-state index in [4.69, 9.17) is 21.1 Å². The van der Waals surface area contributed by atoms with Crippen molar-refractivity contribution in [3.05, 3.63) is 88.0 Å². The highest BCUT2D eigenvalue weighted by Crippen LogP contribution is 2.36. The number of nitrogens with zero attached hydrogens (tertiary/aromatic N) is 2. The minimum atomic E-state index is -0.785. The number of ether oxygens (including phenoxy) is 2. The number of phenolic OH excluding ortho intramolecular Hbond substituents is 1. The third kappa shape index (κ3) is 5.00. The van der Waals surface area contributed by atoms with Crippen molar-refractivity contribution in [2.75, 3.05) is 6.61 Å². The zero-order valence-electron chi connectivity index (χ0n) is 20.0. The number of benzene rings is 2. The predicted octanol–water partition coefficient (Wildman–Crippen LogP) is 4.71. The molecule has 7 nitrogen and oxygen atoms in total. The van der Waals surface area contributed by atoms with Crippen LogP contribution in [0, 0.1) is 0 Å². The number of carbonyl (C=O) groups excluding carboxylic acids is 1. The smallest absolute Gasteiger partial charge is 0.338 e. The van der Waals surface area contributed by atoms with Crippen molar-refractivity contribution >= 4 is 50.9 Å². The summed E-state index contributed by atoms with van der Waals surface area (Å²) < 4.78 is 13.7. The number of phenols is 1. The maximum Gasteiger partial charge on any atom is 0.338 e. The number of para-hydroxylation sites is 1. The van der Waals surface area contributed by atoms with Gasteiger partial charge in [0.2, 0.25) is 0 Å². The second kappa shape index (κ2) is 10.6. The molecule has 0 bridgehead atoms. The fourth-order valence-electron chi connectivity index (χ4n) is 3.97. The first-order valence-corrected chi connectivity index (χ1v) is 13.2. The first kappa shape index (κ1) is 26.2. The van der Waals surface area contributed by atoms with Crippen LogP contribution in [0.5, 0.6) is 11.5 Å². The lowest BCUT2D eigenvalue weighted by Gasteiger charge is -2.26. The van der Waals surface area contributed by atoms with Gasteiger partial charge in [-0.15, -0.1) is 0 Å². The van der Waals surface area contributed by atoms with Crippen molar-refractivity contribution in [3.8, 4) is 11.5 Å². The standard InChI is InChI=1S/C26H24BrClN2O5S/c1-5-34-25(33)21-14(4)29-26-30(22(21)16-8-6-7-9-19(16)35-13(2)3)24(32)20(36-26)12-15-10-17(27)23(31)18(28)11-15/h6-13,22,31H,5H2,1-4H3/b20-12+/t22-/m1/s1. The highest BCUT2D eigenvalue weighted by atomic mass is 79.9. The van der Waals surface area contributed by atoms with Gasteiger partial charge in [-0.1, -0.05) is 41.1 Å². The summed E-state index contributed by atoms with van der Waals surface area (Å²) in [6.07, 6.45) is 1.56. The number of halogens is 2. The Balaban J connectivity index is 1.99. The maximum absolute atomic E-state index is 13.8. The molecule has 188 valence electrons. The second-order valence-corrected chi connectivity index (χ2v) is 10.6. The lowest BCUT2D eigenvalue weighted by Crippen LogP contribution is -2.40. The van der Waals surface area contributed by atoms with E-state index < -0.39 is 12.0 Å². The van der Waals surface area contributed by atoms with Crippen LogP contribution in [-0.4, -0.2) is 28.4 Å². The topological polar surface area (TPSA) is 90.1 Å². The van der Waals surface area contributed by atoms with Gasteiger partial charge in [0.25, 0.3) is 5.56 Å². The summed E-state index contributed by atoms with van der Waals surface area (Å²) in [7, 11) is 0. The molecular weight excluding hydrogens is 568 g/mol. The molecule has 10 heteroatoms. The Morgan fingerprint density at radius 3 is 2.72 bits per heavy atom. The molecule has 2 heterocycles. The summed E-state index contributed by atoms with van der Waals surface area (Å²) >= 11 is 10.6. The number of hydrogen-bond donors (Lipinski definition) is 1.